The summed E-state index contributed by atoms with van der Waals surface area (Å²) < 4.78 is 26.2. The molecule has 3 heterocycles. The lowest BCUT2D eigenvalue weighted by Crippen LogP contribution is -2.37. The molecule has 0 radical (unpaired) electrons. The van der Waals surface area contributed by atoms with Crippen LogP contribution in [-0.2, 0) is 11.2 Å². The monoisotopic (exact) mass is 466 g/mol. The molecule has 34 heavy (non-hydrogen) atoms. The average Bonchev–Trinajstić information content (AvgIpc) is 3.39. The molecule has 8 nitrogen and oxygen atoms in total. The van der Waals surface area contributed by atoms with Crippen LogP contribution < -0.4 is 19.7 Å². The maximum Gasteiger partial charge on any atom is 0.231 e. The largest absolute Gasteiger partial charge is 0.497 e. The topological polar surface area (TPSA) is 99.7 Å². The highest BCUT2D eigenvalue weighted by Gasteiger charge is 2.29. The third kappa shape index (κ3) is 4.43. The summed E-state index contributed by atoms with van der Waals surface area (Å²) in [6.45, 7) is 1.46. The fourth-order valence-corrected chi connectivity index (χ4v) is 4.55. The number of rotatable bonds is 5. The fraction of sp³-hybridized carbons (Fsp3) is 0.360. The summed E-state index contributed by atoms with van der Waals surface area (Å²) >= 11 is 0. The Bertz CT molecular complexity index is 1180. The molecule has 1 amide bonds. The fourth-order valence-electron chi connectivity index (χ4n) is 4.55. The average molecular weight is 467 g/mol. The predicted molar refractivity (Wildman–Crippen MR) is 126 cm³/mol. The van der Waals surface area contributed by atoms with Crippen LogP contribution >= 0.6 is 0 Å². The Hall–Kier alpha value is -3.59. The summed E-state index contributed by atoms with van der Waals surface area (Å²) in [5.41, 5.74) is 3.05. The van der Waals surface area contributed by atoms with E-state index in [1.54, 1.807) is 25.6 Å². The summed E-state index contributed by atoms with van der Waals surface area (Å²) in [5.74, 6) is 0.338. The number of aliphatic hydroxyl groups excluding tert-OH is 1. The molecule has 1 atom stereocenters. The lowest BCUT2D eigenvalue weighted by atomic mass is 9.95. The molecule has 1 unspecified atom stereocenters. The number of hydrogen-bond acceptors (Lipinski definition) is 6. The van der Waals surface area contributed by atoms with Crippen LogP contribution in [0, 0.1) is 11.7 Å². The van der Waals surface area contributed by atoms with E-state index in [2.05, 4.69) is 20.4 Å². The van der Waals surface area contributed by atoms with Gasteiger partial charge in [-0.15, -0.1) is 0 Å². The second-order valence-corrected chi connectivity index (χ2v) is 8.73. The van der Waals surface area contributed by atoms with Gasteiger partial charge in [0.2, 0.25) is 5.91 Å². The normalized spacial score (nSPS) is 18.2. The smallest absolute Gasteiger partial charge is 0.231 e. The Kier molecular flexibility index (Phi) is 6.10. The molecule has 0 bridgehead atoms. The SMILES string of the molecule is COc1ccc2c(c1)CC(C(=O)Nc1cc(F)c(-c3cn[nH]c3)cc1N1CCC(O)CC1)CO2. The number of carbonyl (C=O) groups is 1. The first-order chi connectivity index (χ1) is 16.5. The molecule has 2 aliphatic heterocycles. The van der Waals surface area contributed by atoms with Gasteiger partial charge in [0.15, 0.2) is 0 Å². The third-order valence-electron chi connectivity index (χ3n) is 6.50. The van der Waals surface area contributed by atoms with Crippen LogP contribution in [0.4, 0.5) is 15.8 Å². The van der Waals surface area contributed by atoms with E-state index in [4.69, 9.17) is 9.47 Å². The van der Waals surface area contributed by atoms with Crippen molar-refractivity contribution in [2.75, 3.05) is 37.0 Å². The molecule has 1 fully saturated rings. The van der Waals surface area contributed by atoms with Crippen molar-refractivity contribution < 1.29 is 23.8 Å². The van der Waals surface area contributed by atoms with Gasteiger partial charge < -0.3 is 24.8 Å². The number of nitrogens with one attached hydrogen (secondary N) is 2. The first-order valence-electron chi connectivity index (χ1n) is 11.4. The molecular weight excluding hydrogens is 439 g/mol. The van der Waals surface area contributed by atoms with Gasteiger partial charge in [0.1, 0.15) is 23.9 Å². The number of piperidine rings is 1. The number of H-pyrrole nitrogens is 1. The minimum absolute atomic E-state index is 0.234. The molecule has 3 aromatic rings. The number of ether oxygens (including phenoxy) is 2. The Morgan fingerprint density at radius 2 is 2.12 bits per heavy atom. The Morgan fingerprint density at radius 3 is 2.85 bits per heavy atom. The zero-order valence-corrected chi connectivity index (χ0v) is 18.9. The number of aromatic amines is 1. The number of methoxy groups -OCH3 is 1. The van der Waals surface area contributed by atoms with Crippen molar-refractivity contribution >= 4 is 17.3 Å². The standard InChI is InChI=1S/C25H27FN4O4/c1-33-19-2-3-24-15(9-19)8-16(14-34-24)25(32)29-22-11-21(26)20(17-12-27-28-13-17)10-23(22)30-6-4-18(31)5-7-30/h2-3,9-13,16,18,31H,4-8,14H2,1H3,(H,27,28)(H,29,32). The number of amides is 1. The van der Waals surface area contributed by atoms with Crippen molar-refractivity contribution in [2.24, 2.45) is 5.92 Å². The van der Waals surface area contributed by atoms with Gasteiger partial charge in [0.05, 0.1) is 36.7 Å². The maximum atomic E-state index is 15.1. The van der Waals surface area contributed by atoms with Gasteiger partial charge >= 0.3 is 0 Å². The van der Waals surface area contributed by atoms with Crippen LogP contribution in [0.3, 0.4) is 0 Å². The Labute approximate surface area is 196 Å². The molecule has 2 aromatic carbocycles. The molecule has 0 saturated carbocycles. The van der Waals surface area contributed by atoms with Gasteiger partial charge in [-0.25, -0.2) is 4.39 Å². The molecule has 9 heteroatoms. The Balaban J connectivity index is 1.42. The zero-order valence-electron chi connectivity index (χ0n) is 18.9. The van der Waals surface area contributed by atoms with Crippen molar-refractivity contribution in [1.82, 2.24) is 10.2 Å². The zero-order chi connectivity index (χ0) is 23.7. The summed E-state index contributed by atoms with van der Waals surface area (Å²) in [5, 5.41) is 19.5. The van der Waals surface area contributed by atoms with E-state index < -0.39 is 11.7 Å². The maximum absolute atomic E-state index is 15.1. The summed E-state index contributed by atoms with van der Waals surface area (Å²) in [6, 6.07) is 8.64. The van der Waals surface area contributed by atoms with E-state index in [1.165, 1.54) is 6.07 Å². The Morgan fingerprint density at radius 1 is 1.29 bits per heavy atom. The number of aliphatic hydroxyl groups is 1. The van der Waals surface area contributed by atoms with Crippen molar-refractivity contribution in [3.63, 3.8) is 0 Å². The van der Waals surface area contributed by atoms with Gasteiger partial charge in [-0.1, -0.05) is 0 Å². The van der Waals surface area contributed by atoms with Gasteiger partial charge in [-0.3, -0.25) is 9.89 Å². The minimum Gasteiger partial charge on any atom is -0.497 e. The van der Waals surface area contributed by atoms with Gasteiger partial charge in [-0.2, -0.15) is 5.10 Å². The second-order valence-electron chi connectivity index (χ2n) is 8.73. The van der Waals surface area contributed by atoms with Crippen molar-refractivity contribution in [3.05, 3.63) is 54.1 Å². The van der Waals surface area contributed by atoms with Crippen LogP contribution in [0.2, 0.25) is 0 Å². The van der Waals surface area contributed by atoms with Gasteiger partial charge in [-0.05, 0) is 49.1 Å². The van der Waals surface area contributed by atoms with E-state index in [-0.39, 0.29) is 18.6 Å². The lowest BCUT2D eigenvalue weighted by molar-refractivity contribution is -0.121. The van der Waals surface area contributed by atoms with Crippen molar-refractivity contribution in [2.45, 2.75) is 25.4 Å². The molecule has 3 N–H and O–H groups in total. The predicted octanol–water partition coefficient (Wildman–Crippen LogP) is 3.38. The first-order valence-corrected chi connectivity index (χ1v) is 11.4. The van der Waals surface area contributed by atoms with E-state index >= 15 is 4.39 Å². The molecular formula is C25H27FN4O4. The van der Waals surface area contributed by atoms with E-state index in [1.807, 2.05) is 18.2 Å². The van der Waals surface area contributed by atoms with Gasteiger partial charge in [0, 0.05) is 36.5 Å². The number of aromatic nitrogens is 2. The molecule has 0 spiro atoms. The summed E-state index contributed by atoms with van der Waals surface area (Å²) in [6.07, 6.45) is 4.57. The van der Waals surface area contributed by atoms with E-state index in [0.717, 1.165) is 17.0 Å². The molecule has 0 aliphatic carbocycles. The van der Waals surface area contributed by atoms with Crippen LogP contribution in [0.15, 0.2) is 42.7 Å². The highest BCUT2D eigenvalue weighted by atomic mass is 19.1. The highest BCUT2D eigenvalue weighted by molar-refractivity contribution is 5.97. The summed E-state index contributed by atoms with van der Waals surface area (Å²) in [7, 11) is 1.60. The third-order valence-corrected chi connectivity index (χ3v) is 6.50. The number of halogens is 1. The van der Waals surface area contributed by atoms with Crippen molar-refractivity contribution in [1.29, 1.82) is 0 Å². The minimum atomic E-state index is -0.451. The first kappa shape index (κ1) is 22.2. The molecule has 1 saturated heterocycles. The molecule has 2 aliphatic rings. The second kappa shape index (κ2) is 9.34. The van der Waals surface area contributed by atoms with Crippen LogP contribution in [-0.4, -0.2) is 54.1 Å². The molecule has 5 rings (SSSR count). The number of benzene rings is 2. The number of hydrogen-bond donors (Lipinski definition) is 3. The van der Waals surface area contributed by atoms with Crippen LogP contribution in [0.1, 0.15) is 18.4 Å². The van der Waals surface area contributed by atoms with Gasteiger partial charge in [0.25, 0.3) is 0 Å². The number of nitrogens with zero attached hydrogens (tertiary/aromatic N) is 2. The highest BCUT2D eigenvalue weighted by Crippen LogP contribution is 2.37. The lowest BCUT2D eigenvalue weighted by Gasteiger charge is -2.33. The number of anilines is 2. The van der Waals surface area contributed by atoms with Crippen molar-refractivity contribution in [3.8, 4) is 22.6 Å². The number of fused-ring (bicyclic) bond motifs is 1. The quantitative estimate of drug-likeness (QED) is 0.533. The van der Waals surface area contributed by atoms with Crippen LogP contribution in [0.5, 0.6) is 11.5 Å². The van der Waals surface area contributed by atoms with E-state index in [9.17, 15) is 9.90 Å². The summed E-state index contributed by atoms with van der Waals surface area (Å²) in [4.78, 5) is 15.3. The molecule has 178 valence electrons. The van der Waals surface area contributed by atoms with Crippen LogP contribution in [0.25, 0.3) is 11.1 Å². The number of carbonyl (C=O) groups excluding carboxylic acids is 1. The van der Waals surface area contributed by atoms with E-state index in [0.29, 0.717) is 54.9 Å². The molecule has 1 aromatic heterocycles.